The molecule has 10 heteroatoms. The van der Waals surface area contributed by atoms with E-state index in [0.29, 0.717) is 17.2 Å². The van der Waals surface area contributed by atoms with Gasteiger partial charge >= 0.3 is 0 Å². The highest BCUT2D eigenvalue weighted by Gasteiger charge is 2.25. The normalized spacial score (nSPS) is 14.5. The fourth-order valence-corrected chi connectivity index (χ4v) is 6.96. The van der Waals surface area contributed by atoms with Crippen LogP contribution < -0.4 is 4.90 Å². The molecular weight excluding hydrogens is 532 g/mol. The molecule has 208 valence electrons. The number of amides is 1. The van der Waals surface area contributed by atoms with Gasteiger partial charge in [-0.2, -0.15) is 4.31 Å². The van der Waals surface area contributed by atoms with Crippen LogP contribution in [-0.4, -0.2) is 81.0 Å². The summed E-state index contributed by atoms with van der Waals surface area (Å²) in [6, 6.07) is 10.2. The molecule has 0 bridgehead atoms. The van der Waals surface area contributed by atoms with Crippen molar-refractivity contribution in [1.82, 2.24) is 14.2 Å². The Morgan fingerprint density at radius 3 is 2.38 bits per heavy atom. The summed E-state index contributed by atoms with van der Waals surface area (Å²) < 4.78 is 34.0. The van der Waals surface area contributed by atoms with E-state index in [2.05, 4.69) is 31.0 Å². The summed E-state index contributed by atoms with van der Waals surface area (Å²) in [6.45, 7) is 16.3. The molecule has 0 aliphatic carbocycles. The predicted octanol–water partition coefficient (Wildman–Crippen LogP) is 4.64. The molecule has 1 aliphatic heterocycles. The van der Waals surface area contributed by atoms with Crippen LogP contribution in [0.15, 0.2) is 66.6 Å². The number of carbonyl (C=O) groups excluding carboxylic acids is 1. The molecule has 0 unspecified atom stereocenters. The van der Waals surface area contributed by atoms with Crippen molar-refractivity contribution in [2.45, 2.75) is 25.2 Å². The maximum Gasteiger partial charge on any atom is 0.260 e. The van der Waals surface area contributed by atoms with Gasteiger partial charge in [0.2, 0.25) is 10.0 Å². The molecule has 3 aromatic rings. The minimum Gasteiger partial charge on any atom is -0.379 e. The van der Waals surface area contributed by atoms with Gasteiger partial charge in [0.15, 0.2) is 5.13 Å². The molecular formula is C29H36N4O4S2. The summed E-state index contributed by atoms with van der Waals surface area (Å²) in [5.74, 6) is -0.205. The number of hydrogen-bond donors (Lipinski definition) is 0. The van der Waals surface area contributed by atoms with Gasteiger partial charge in [0.05, 0.1) is 28.3 Å². The summed E-state index contributed by atoms with van der Waals surface area (Å²) >= 11 is 1.50. The second kappa shape index (κ2) is 13.0. The molecule has 4 rings (SSSR count). The molecule has 1 fully saturated rings. The average molecular weight is 569 g/mol. The first kappa shape index (κ1) is 29.1. The van der Waals surface area contributed by atoms with Crippen LogP contribution in [0.1, 0.15) is 27.9 Å². The van der Waals surface area contributed by atoms with Crippen LogP contribution in [0.5, 0.6) is 0 Å². The number of aromatic nitrogens is 1. The maximum absolute atomic E-state index is 13.8. The van der Waals surface area contributed by atoms with Crippen molar-refractivity contribution in [3.8, 4) is 0 Å². The van der Waals surface area contributed by atoms with Gasteiger partial charge in [-0.25, -0.2) is 13.4 Å². The molecule has 1 aliphatic rings. The quantitative estimate of drug-likeness (QED) is 0.296. The van der Waals surface area contributed by atoms with Gasteiger partial charge in [0.25, 0.3) is 5.91 Å². The third-order valence-electron chi connectivity index (χ3n) is 6.91. The smallest absolute Gasteiger partial charge is 0.260 e. The Labute approximate surface area is 235 Å². The number of carbonyl (C=O) groups is 1. The van der Waals surface area contributed by atoms with Gasteiger partial charge in [0.1, 0.15) is 0 Å². The maximum atomic E-state index is 13.8. The van der Waals surface area contributed by atoms with Crippen LogP contribution in [0, 0.1) is 13.8 Å². The van der Waals surface area contributed by atoms with Gasteiger partial charge < -0.3 is 4.74 Å². The number of benzene rings is 2. The van der Waals surface area contributed by atoms with Gasteiger partial charge in [-0.3, -0.25) is 14.6 Å². The molecule has 0 radical (unpaired) electrons. The number of thiazole rings is 1. The molecule has 2 heterocycles. The number of hydrogen-bond acceptors (Lipinski definition) is 7. The molecule has 0 saturated carbocycles. The number of rotatable bonds is 12. The van der Waals surface area contributed by atoms with E-state index in [0.717, 1.165) is 60.6 Å². The molecule has 8 nitrogen and oxygen atoms in total. The van der Waals surface area contributed by atoms with E-state index < -0.39 is 10.0 Å². The molecule has 39 heavy (non-hydrogen) atoms. The van der Waals surface area contributed by atoms with Crippen molar-refractivity contribution in [3.63, 3.8) is 0 Å². The average Bonchev–Trinajstić information content (AvgIpc) is 3.38. The lowest BCUT2D eigenvalue weighted by atomic mass is 10.1. The van der Waals surface area contributed by atoms with Crippen LogP contribution in [0.4, 0.5) is 5.13 Å². The first-order valence-corrected chi connectivity index (χ1v) is 15.3. The summed E-state index contributed by atoms with van der Waals surface area (Å²) in [5.41, 5.74) is 3.58. The standard InChI is InChI=1S/C29H36N4O4S2/c1-5-14-32(15-6-2)39(35,36)25-11-9-24(10-12-25)28(34)33(17-7-16-31-18-20-37-21-19-31)29-30-27-23(4)22(3)8-13-26(27)38-29/h5-6,8-13H,1-2,7,14-21H2,3-4H3. The number of sulfonamides is 1. The first-order chi connectivity index (χ1) is 18.8. The topological polar surface area (TPSA) is 83.1 Å². The molecule has 1 aromatic heterocycles. The zero-order chi connectivity index (χ0) is 28.0. The largest absolute Gasteiger partial charge is 0.379 e. The van der Waals surface area contributed by atoms with Crippen LogP contribution in [-0.2, 0) is 14.8 Å². The highest BCUT2D eigenvalue weighted by molar-refractivity contribution is 7.89. The van der Waals surface area contributed by atoms with Crippen molar-refractivity contribution in [3.05, 3.63) is 78.4 Å². The van der Waals surface area contributed by atoms with E-state index in [1.165, 1.54) is 39.9 Å². The van der Waals surface area contributed by atoms with Crippen LogP contribution >= 0.6 is 11.3 Å². The van der Waals surface area contributed by atoms with Gasteiger partial charge in [-0.05, 0) is 61.7 Å². The van der Waals surface area contributed by atoms with Crippen molar-refractivity contribution in [1.29, 1.82) is 0 Å². The fourth-order valence-electron chi connectivity index (χ4n) is 4.52. The van der Waals surface area contributed by atoms with Crippen molar-refractivity contribution in [2.75, 3.05) is 57.4 Å². The number of aryl methyl sites for hydroxylation is 2. The molecule has 1 amide bonds. The van der Waals surface area contributed by atoms with E-state index in [1.807, 2.05) is 13.0 Å². The molecule has 0 spiro atoms. The molecule has 0 atom stereocenters. The Balaban J connectivity index is 1.61. The lowest BCUT2D eigenvalue weighted by Gasteiger charge is -2.27. The number of anilines is 1. The molecule has 1 saturated heterocycles. The van der Waals surface area contributed by atoms with E-state index in [4.69, 9.17) is 9.72 Å². The van der Waals surface area contributed by atoms with Crippen LogP contribution in [0.2, 0.25) is 0 Å². The first-order valence-electron chi connectivity index (χ1n) is 13.1. The monoisotopic (exact) mass is 568 g/mol. The fraction of sp³-hybridized carbons (Fsp3) is 0.379. The summed E-state index contributed by atoms with van der Waals surface area (Å²) in [6.07, 6.45) is 3.86. The SMILES string of the molecule is C=CCN(CC=C)S(=O)(=O)c1ccc(C(=O)N(CCCN2CCOCC2)c2nc3c(C)c(C)ccc3s2)cc1. The van der Waals surface area contributed by atoms with Crippen molar-refractivity contribution >= 4 is 42.6 Å². The van der Waals surface area contributed by atoms with Crippen LogP contribution in [0.3, 0.4) is 0 Å². The molecule has 0 N–H and O–H groups in total. The lowest BCUT2D eigenvalue weighted by molar-refractivity contribution is 0.0376. The Morgan fingerprint density at radius 2 is 1.74 bits per heavy atom. The molecule has 2 aromatic carbocycles. The number of ether oxygens (including phenoxy) is 1. The highest BCUT2D eigenvalue weighted by atomic mass is 32.2. The Hall–Kier alpha value is -2.89. The summed E-state index contributed by atoms with van der Waals surface area (Å²) in [4.78, 5) is 22.9. The number of nitrogens with zero attached hydrogens (tertiary/aromatic N) is 4. The zero-order valence-electron chi connectivity index (χ0n) is 22.6. The third-order valence-corrected chi connectivity index (χ3v) is 9.80. The Kier molecular flexibility index (Phi) is 9.68. The van der Waals surface area contributed by atoms with Gasteiger partial charge in [-0.1, -0.05) is 29.6 Å². The Morgan fingerprint density at radius 1 is 1.08 bits per heavy atom. The van der Waals surface area contributed by atoms with E-state index in [1.54, 1.807) is 17.0 Å². The zero-order valence-corrected chi connectivity index (χ0v) is 24.3. The second-order valence-electron chi connectivity index (χ2n) is 9.54. The third kappa shape index (κ3) is 6.64. The number of morpholine rings is 1. The minimum absolute atomic E-state index is 0.118. The summed E-state index contributed by atoms with van der Waals surface area (Å²) in [5, 5.41) is 0.644. The van der Waals surface area contributed by atoms with Crippen LogP contribution in [0.25, 0.3) is 10.2 Å². The van der Waals surface area contributed by atoms with E-state index >= 15 is 0 Å². The minimum atomic E-state index is -3.75. The lowest BCUT2D eigenvalue weighted by Crippen LogP contribution is -2.39. The highest BCUT2D eigenvalue weighted by Crippen LogP contribution is 2.33. The van der Waals surface area contributed by atoms with Crippen molar-refractivity contribution in [2.24, 2.45) is 0 Å². The van der Waals surface area contributed by atoms with Gasteiger partial charge in [-0.15, -0.1) is 13.2 Å². The van der Waals surface area contributed by atoms with E-state index in [-0.39, 0.29) is 23.9 Å². The second-order valence-corrected chi connectivity index (χ2v) is 12.5. The van der Waals surface area contributed by atoms with Crippen molar-refractivity contribution < 1.29 is 17.9 Å². The van der Waals surface area contributed by atoms with Gasteiger partial charge in [0, 0.05) is 44.8 Å². The predicted molar refractivity (Wildman–Crippen MR) is 158 cm³/mol. The Bertz CT molecular complexity index is 1420. The summed E-state index contributed by atoms with van der Waals surface area (Å²) in [7, 11) is -3.75. The number of fused-ring (bicyclic) bond motifs is 1. The van der Waals surface area contributed by atoms with E-state index in [9.17, 15) is 13.2 Å².